The molecular formula is C20H36N4O7S. The molecule has 0 fully saturated rings. The van der Waals surface area contributed by atoms with E-state index in [1.54, 1.807) is 6.92 Å². The van der Waals surface area contributed by atoms with Crippen LogP contribution in [0.25, 0.3) is 0 Å². The minimum atomic E-state index is -1.18. The molecule has 0 aromatic heterocycles. The number of hydrogen-bond acceptors (Lipinski definition) is 7. The Balaban J connectivity index is 5.27. The molecule has 7 N–H and O–H groups in total. The van der Waals surface area contributed by atoms with Gasteiger partial charge in [-0.3, -0.25) is 19.2 Å². The van der Waals surface area contributed by atoms with E-state index in [0.29, 0.717) is 6.42 Å². The number of nitrogens with one attached hydrogen (secondary N) is 3. The predicted molar refractivity (Wildman–Crippen MR) is 121 cm³/mol. The topological polar surface area (TPSA) is 188 Å². The molecule has 0 radical (unpaired) electrons. The van der Waals surface area contributed by atoms with Crippen LogP contribution >= 0.6 is 12.6 Å². The van der Waals surface area contributed by atoms with Crippen LogP contribution in [0.4, 0.5) is 0 Å². The van der Waals surface area contributed by atoms with E-state index in [4.69, 9.17) is 10.8 Å². The number of thiol groups is 1. The van der Waals surface area contributed by atoms with Crippen molar-refractivity contribution in [2.75, 3.05) is 5.75 Å². The summed E-state index contributed by atoms with van der Waals surface area (Å²) in [5.41, 5.74) is 5.71. The molecular weight excluding hydrogens is 440 g/mol. The summed E-state index contributed by atoms with van der Waals surface area (Å²) >= 11 is 4.08. The Hall–Kier alpha value is -2.34. The first-order chi connectivity index (χ1) is 14.8. The van der Waals surface area contributed by atoms with Crippen molar-refractivity contribution in [3.8, 4) is 0 Å². The van der Waals surface area contributed by atoms with Gasteiger partial charge in [-0.2, -0.15) is 12.6 Å². The van der Waals surface area contributed by atoms with Gasteiger partial charge in [0.2, 0.25) is 17.7 Å². The molecule has 5 unspecified atom stereocenters. The summed E-state index contributed by atoms with van der Waals surface area (Å²) in [5, 5.41) is 25.5. The van der Waals surface area contributed by atoms with Crippen LogP contribution in [-0.2, 0) is 24.0 Å². The maximum absolute atomic E-state index is 12.8. The van der Waals surface area contributed by atoms with Crippen molar-refractivity contribution in [3.63, 3.8) is 0 Å². The number of hydrogen-bond donors (Lipinski definition) is 7. The summed E-state index contributed by atoms with van der Waals surface area (Å²) in [6, 6.07) is -4.37. The number of carboxylic acids is 2. The standard InChI is InChI=1S/C20H36N4O7S/c1-5-11(4)16(24-17(27)12(21)6-7-15(25)26)19(29)23-14(9-32)18(28)22-13(20(30)31)8-10(2)3/h10-14,16,32H,5-9,21H2,1-4H3,(H,22,28)(H,23,29)(H,24,27)(H,25,26)(H,30,31). The highest BCUT2D eigenvalue weighted by Gasteiger charge is 2.32. The molecule has 0 aliphatic heterocycles. The van der Waals surface area contributed by atoms with Crippen LogP contribution < -0.4 is 21.7 Å². The molecule has 0 rings (SSSR count). The van der Waals surface area contributed by atoms with Gasteiger partial charge in [0.15, 0.2) is 0 Å². The van der Waals surface area contributed by atoms with Crippen molar-refractivity contribution in [3.05, 3.63) is 0 Å². The Morgan fingerprint density at radius 3 is 1.91 bits per heavy atom. The average molecular weight is 477 g/mol. The maximum Gasteiger partial charge on any atom is 0.326 e. The van der Waals surface area contributed by atoms with E-state index >= 15 is 0 Å². The van der Waals surface area contributed by atoms with E-state index in [1.807, 2.05) is 20.8 Å². The number of nitrogens with two attached hydrogens (primary N) is 1. The average Bonchev–Trinajstić information content (AvgIpc) is 2.71. The van der Waals surface area contributed by atoms with Crippen molar-refractivity contribution in [2.45, 2.75) is 77.5 Å². The minimum absolute atomic E-state index is 0.0239. The van der Waals surface area contributed by atoms with Crippen molar-refractivity contribution >= 4 is 42.3 Å². The lowest BCUT2D eigenvalue weighted by Crippen LogP contribution is -2.59. The lowest BCUT2D eigenvalue weighted by Gasteiger charge is -2.27. The van der Waals surface area contributed by atoms with E-state index < -0.39 is 53.8 Å². The van der Waals surface area contributed by atoms with Crippen LogP contribution in [0.5, 0.6) is 0 Å². The van der Waals surface area contributed by atoms with Crippen molar-refractivity contribution in [2.24, 2.45) is 17.6 Å². The minimum Gasteiger partial charge on any atom is -0.481 e. The highest BCUT2D eigenvalue weighted by atomic mass is 32.1. The second-order valence-electron chi connectivity index (χ2n) is 8.18. The molecule has 184 valence electrons. The number of carbonyl (C=O) groups is 5. The summed E-state index contributed by atoms with van der Waals surface area (Å²) < 4.78 is 0. The van der Waals surface area contributed by atoms with Gasteiger partial charge in [0, 0.05) is 12.2 Å². The van der Waals surface area contributed by atoms with E-state index in [9.17, 15) is 29.1 Å². The first-order valence-electron chi connectivity index (χ1n) is 10.6. The quantitative estimate of drug-likeness (QED) is 0.157. The van der Waals surface area contributed by atoms with Gasteiger partial charge >= 0.3 is 11.9 Å². The van der Waals surface area contributed by atoms with Gasteiger partial charge in [-0.1, -0.05) is 34.1 Å². The number of aliphatic carboxylic acids is 2. The zero-order valence-corrected chi connectivity index (χ0v) is 19.9. The molecule has 12 heteroatoms. The number of rotatable bonds is 15. The van der Waals surface area contributed by atoms with Crippen LogP contribution in [0.2, 0.25) is 0 Å². The highest BCUT2D eigenvalue weighted by molar-refractivity contribution is 7.80. The van der Waals surface area contributed by atoms with E-state index in [-0.39, 0.29) is 36.9 Å². The summed E-state index contributed by atoms with van der Waals surface area (Å²) in [6.07, 6.45) is 0.353. The number of carbonyl (C=O) groups excluding carboxylic acids is 3. The van der Waals surface area contributed by atoms with Crippen LogP contribution in [0.15, 0.2) is 0 Å². The second-order valence-corrected chi connectivity index (χ2v) is 8.55. The molecule has 0 spiro atoms. The highest BCUT2D eigenvalue weighted by Crippen LogP contribution is 2.10. The maximum atomic E-state index is 12.8. The summed E-state index contributed by atoms with van der Waals surface area (Å²) in [5.74, 6) is -4.69. The fraction of sp³-hybridized carbons (Fsp3) is 0.750. The molecule has 5 atom stereocenters. The monoisotopic (exact) mass is 476 g/mol. The number of amides is 3. The van der Waals surface area contributed by atoms with Crippen molar-refractivity contribution < 1.29 is 34.2 Å². The van der Waals surface area contributed by atoms with Gasteiger partial charge in [-0.15, -0.1) is 0 Å². The molecule has 3 amide bonds. The normalized spacial score (nSPS) is 15.7. The van der Waals surface area contributed by atoms with Gasteiger partial charge in [0.1, 0.15) is 18.1 Å². The van der Waals surface area contributed by atoms with Crippen LogP contribution in [0.3, 0.4) is 0 Å². The van der Waals surface area contributed by atoms with Gasteiger partial charge in [-0.05, 0) is 24.7 Å². The fourth-order valence-corrected chi connectivity index (χ4v) is 3.05. The third kappa shape index (κ3) is 10.8. The SMILES string of the molecule is CCC(C)C(NC(=O)C(N)CCC(=O)O)C(=O)NC(CS)C(=O)NC(CC(C)C)C(=O)O. The van der Waals surface area contributed by atoms with Crippen molar-refractivity contribution in [1.82, 2.24) is 16.0 Å². The molecule has 0 bridgehead atoms. The third-order valence-corrected chi connectivity index (χ3v) is 5.30. The molecule has 11 nitrogen and oxygen atoms in total. The van der Waals surface area contributed by atoms with Gasteiger partial charge in [0.05, 0.1) is 6.04 Å². The van der Waals surface area contributed by atoms with Crippen LogP contribution in [0, 0.1) is 11.8 Å². The van der Waals surface area contributed by atoms with Gasteiger partial charge < -0.3 is 31.9 Å². The molecule has 0 saturated heterocycles. The summed E-state index contributed by atoms with van der Waals surface area (Å²) in [7, 11) is 0. The van der Waals surface area contributed by atoms with E-state index in [1.165, 1.54) is 0 Å². The Morgan fingerprint density at radius 1 is 0.906 bits per heavy atom. The summed E-state index contributed by atoms with van der Waals surface area (Å²) in [4.78, 5) is 59.8. The molecule has 32 heavy (non-hydrogen) atoms. The van der Waals surface area contributed by atoms with E-state index in [0.717, 1.165) is 0 Å². The fourth-order valence-electron chi connectivity index (χ4n) is 2.79. The first kappa shape index (κ1) is 29.7. The zero-order valence-electron chi connectivity index (χ0n) is 19.0. The Morgan fingerprint density at radius 2 is 1.47 bits per heavy atom. The van der Waals surface area contributed by atoms with E-state index in [2.05, 4.69) is 28.6 Å². The van der Waals surface area contributed by atoms with Crippen LogP contribution in [0.1, 0.15) is 53.4 Å². The number of carboxylic acid groups (broad SMARTS) is 2. The lowest BCUT2D eigenvalue weighted by atomic mass is 9.97. The molecule has 0 aromatic rings. The smallest absolute Gasteiger partial charge is 0.326 e. The molecule has 0 aliphatic rings. The Kier molecular flexibility index (Phi) is 13.6. The molecule has 0 aromatic carbocycles. The van der Waals surface area contributed by atoms with Crippen LogP contribution in [-0.4, -0.2) is 69.8 Å². The second kappa shape index (κ2) is 14.7. The third-order valence-electron chi connectivity index (χ3n) is 4.94. The Labute approximate surface area is 193 Å². The largest absolute Gasteiger partial charge is 0.481 e. The zero-order chi connectivity index (χ0) is 25.0. The molecule has 0 saturated carbocycles. The first-order valence-corrected chi connectivity index (χ1v) is 11.2. The van der Waals surface area contributed by atoms with Gasteiger partial charge in [0.25, 0.3) is 0 Å². The molecule has 0 aliphatic carbocycles. The van der Waals surface area contributed by atoms with Crippen molar-refractivity contribution in [1.29, 1.82) is 0 Å². The lowest BCUT2D eigenvalue weighted by molar-refractivity contribution is -0.142. The predicted octanol–water partition coefficient (Wildman–Crippen LogP) is -0.260. The summed E-state index contributed by atoms with van der Waals surface area (Å²) in [6.45, 7) is 7.18. The van der Waals surface area contributed by atoms with Gasteiger partial charge in [-0.25, -0.2) is 4.79 Å². The Bertz CT molecular complexity index is 674. The molecule has 0 heterocycles.